The number of aromatic nitrogens is 4. The molecule has 3 heterocycles. The van der Waals surface area contributed by atoms with Crippen molar-refractivity contribution in [2.45, 2.75) is 0 Å². The number of fused-ring (bicyclic) bond motifs is 1. The lowest BCUT2D eigenvalue weighted by Gasteiger charge is -2.24. The van der Waals surface area contributed by atoms with Gasteiger partial charge in [0.25, 0.3) is 0 Å². The summed E-state index contributed by atoms with van der Waals surface area (Å²) in [5, 5.41) is 13.0. The smallest absolute Gasteiger partial charge is 0.355 e. The first-order valence-corrected chi connectivity index (χ1v) is 9.27. The van der Waals surface area contributed by atoms with E-state index in [0.29, 0.717) is 15.7 Å². The zero-order chi connectivity index (χ0) is 20.4. The molecule has 2 aromatic heterocycles. The van der Waals surface area contributed by atoms with E-state index >= 15 is 0 Å². The minimum Gasteiger partial charge on any atom is -0.465 e. The fourth-order valence-corrected chi connectivity index (χ4v) is 3.74. The molecular formula is C19H15N5O4S. The van der Waals surface area contributed by atoms with Crippen molar-refractivity contribution in [3.8, 4) is 10.6 Å². The monoisotopic (exact) mass is 409 g/mol. The minimum absolute atomic E-state index is 0.0415. The molecule has 0 fully saturated rings. The first-order valence-electron chi connectivity index (χ1n) is 8.45. The summed E-state index contributed by atoms with van der Waals surface area (Å²) < 4.78 is 11.4. The summed E-state index contributed by atoms with van der Waals surface area (Å²) in [6, 6.07) is 7.40. The maximum absolute atomic E-state index is 12.6. The van der Waals surface area contributed by atoms with Gasteiger partial charge in [-0.15, -0.1) is 10.2 Å². The van der Waals surface area contributed by atoms with Crippen LogP contribution in [0.3, 0.4) is 0 Å². The third-order valence-corrected chi connectivity index (χ3v) is 5.12. The summed E-state index contributed by atoms with van der Waals surface area (Å²) in [5.74, 6) is -1.32. The molecule has 0 saturated carbocycles. The Morgan fingerprint density at radius 1 is 1.07 bits per heavy atom. The topological polar surface area (TPSA) is 98.9 Å². The van der Waals surface area contributed by atoms with Gasteiger partial charge in [-0.2, -0.15) is 9.61 Å². The number of para-hydroxylation sites is 1. The van der Waals surface area contributed by atoms with Crippen molar-refractivity contribution in [1.29, 1.82) is 0 Å². The van der Waals surface area contributed by atoms with Gasteiger partial charge >= 0.3 is 11.9 Å². The highest BCUT2D eigenvalue weighted by molar-refractivity contribution is 7.19. The molecule has 1 aliphatic heterocycles. The molecule has 10 heteroatoms. The molecule has 0 radical (unpaired) electrons. The van der Waals surface area contributed by atoms with Gasteiger partial charge < -0.3 is 14.4 Å². The molecule has 0 atom stereocenters. The normalized spacial score (nSPS) is 13.7. The molecule has 1 aromatic carbocycles. The van der Waals surface area contributed by atoms with Crippen molar-refractivity contribution in [2.75, 3.05) is 19.1 Å². The Morgan fingerprint density at radius 2 is 1.86 bits per heavy atom. The summed E-state index contributed by atoms with van der Waals surface area (Å²) >= 11 is 1.36. The van der Waals surface area contributed by atoms with Gasteiger partial charge in [-0.25, -0.2) is 9.59 Å². The number of methoxy groups -OCH3 is 2. The Morgan fingerprint density at radius 3 is 2.62 bits per heavy atom. The second kappa shape index (κ2) is 7.68. The molecule has 0 aliphatic carbocycles. The quantitative estimate of drug-likeness (QED) is 0.606. The van der Waals surface area contributed by atoms with Crippen LogP contribution in [0.5, 0.6) is 0 Å². The molecule has 29 heavy (non-hydrogen) atoms. The van der Waals surface area contributed by atoms with E-state index in [-0.39, 0.29) is 11.3 Å². The fraction of sp³-hybridized carbons (Fsp3) is 0.105. The van der Waals surface area contributed by atoms with Gasteiger partial charge in [-0.1, -0.05) is 29.5 Å². The average molecular weight is 409 g/mol. The average Bonchev–Trinajstić information content (AvgIpc) is 3.28. The van der Waals surface area contributed by atoms with Crippen molar-refractivity contribution in [2.24, 2.45) is 0 Å². The molecular weight excluding hydrogens is 394 g/mol. The minimum atomic E-state index is -0.672. The molecule has 0 spiro atoms. The Labute approximate surface area is 169 Å². The molecule has 1 aliphatic rings. The van der Waals surface area contributed by atoms with E-state index in [4.69, 9.17) is 9.47 Å². The summed E-state index contributed by atoms with van der Waals surface area (Å²) in [7, 11) is 2.52. The van der Waals surface area contributed by atoms with E-state index in [1.54, 1.807) is 27.8 Å². The fourth-order valence-electron chi connectivity index (χ4n) is 2.88. The molecule has 0 bridgehead atoms. The number of benzene rings is 1. The molecule has 0 saturated heterocycles. The lowest BCUT2D eigenvalue weighted by molar-refractivity contribution is -0.139. The molecule has 0 unspecified atom stereocenters. The predicted octanol–water partition coefficient (Wildman–Crippen LogP) is 2.34. The van der Waals surface area contributed by atoms with Gasteiger partial charge in [0.2, 0.25) is 4.96 Å². The highest BCUT2D eigenvalue weighted by Crippen LogP contribution is 2.36. The van der Waals surface area contributed by atoms with Gasteiger partial charge in [0.05, 0.1) is 25.5 Å². The Bertz CT molecular complexity index is 1160. The van der Waals surface area contributed by atoms with E-state index in [1.807, 2.05) is 24.3 Å². The third-order valence-electron chi connectivity index (χ3n) is 4.17. The number of hydrogen-bond acceptors (Lipinski definition) is 9. The lowest BCUT2D eigenvalue weighted by Crippen LogP contribution is -2.27. The van der Waals surface area contributed by atoms with E-state index in [0.717, 1.165) is 5.56 Å². The van der Waals surface area contributed by atoms with Crippen LogP contribution < -0.4 is 4.90 Å². The zero-order valence-corrected chi connectivity index (χ0v) is 16.3. The van der Waals surface area contributed by atoms with E-state index in [1.165, 1.54) is 38.0 Å². The van der Waals surface area contributed by atoms with Crippen LogP contribution in [0, 0.1) is 0 Å². The maximum atomic E-state index is 12.6. The van der Waals surface area contributed by atoms with Gasteiger partial charge in [-0.3, -0.25) is 0 Å². The zero-order valence-electron chi connectivity index (χ0n) is 15.5. The van der Waals surface area contributed by atoms with Crippen LogP contribution in [0.1, 0.15) is 0 Å². The van der Waals surface area contributed by atoms with Crippen molar-refractivity contribution in [3.05, 3.63) is 66.3 Å². The van der Waals surface area contributed by atoms with Crippen molar-refractivity contribution in [1.82, 2.24) is 19.8 Å². The number of carbonyl (C=O) groups excluding carboxylic acids is 2. The van der Waals surface area contributed by atoms with Crippen LogP contribution in [0.25, 0.3) is 15.5 Å². The Hall–Kier alpha value is -3.79. The summed E-state index contributed by atoms with van der Waals surface area (Å²) in [6.45, 7) is 0. The van der Waals surface area contributed by atoms with Crippen LogP contribution >= 0.6 is 11.3 Å². The van der Waals surface area contributed by atoms with E-state index in [2.05, 4.69) is 15.3 Å². The van der Waals surface area contributed by atoms with Crippen molar-refractivity contribution >= 4 is 33.9 Å². The summed E-state index contributed by atoms with van der Waals surface area (Å²) in [4.78, 5) is 27.2. The third kappa shape index (κ3) is 3.29. The van der Waals surface area contributed by atoms with E-state index < -0.39 is 11.9 Å². The Balaban J connectivity index is 1.92. The van der Waals surface area contributed by atoms with Crippen LogP contribution in [-0.2, 0) is 19.1 Å². The number of allylic oxidation sites excluding steroid dienone is 2. The highest BCUT2D eigenvalue weighted by Gasteiger charge is 2.29. The molecule has 0 N–H and O–H groups in total. The van der Waals surface area contributed by atoms with Crippen molar-refractivity contribution in [3.63, 3.8) is 0 Å². The molecule has 3 aromatic rings. The van der Waals surface area contributed by atoms with Crippen LogP contribution in [0.2, 0.25) is 0 Å². The number of ether oxygens (including phenoxy) is 2. The predicted molar refractivity (Wildman–Crippen MR) is 106 cm³/mol. The van der Waals surface area contributed by atoms with Gasteiger partial charge in [0.15, 0.2) is 0 Å². The van der Waals surface area contributed by atoms with Crippen LogP contribution in [0.15, 0.2) is 66.3 Å². The lowest BCUT2D eigenvalue weighted by atomic mass is 10.1. The summed E-state index contributed by atoms with van der Waals surface area (Å²) in [6.07, 6.45) is 8.08. The van der Waals surface area contributed by atoms with Gasteiger partial charge in [0, 0.05) is 11.8 Å². The molecule has 146 valence electrons. The SMILES string of the molecule is COC(=O)C1=C(C(=O)OC)N(c2ccccc2-c2nn3cnnc3s2)C=CC=C1. The first kappa shape index (κ1) is 18.6. The van der Waals surface area contributed by atoms with Crippen molar-refractivity contribution < 1.29 is 19.1 Å². The highest BCUT2D eigenvalue weighted by atomic mass is 32.1. The van der Waals surface area contributed by atoms with Crippen LogP contribution in [0.4, 0.5) is 5.69 Å². The first-order chi connectivity index (χ1) is 14.1. The number of esters is 2. The Kier molecular flexibility index (Phi) is 4.92. The second-order valence-corrected chi connectivity index (χ2v) is 6.75. The summed E-state index contributed by atoms with van der Waals surface area (Å²) in [5.41, 5.74) is 1.51. The maximum Gasteiger partial charge on any atom is 0.355 e. The van der Waals surface area contributed by atoms with Gasteiger partial charge in [0.1, 0.15) is 17.0 Å². The number of nitrogens with zero attached hydrogens (tertiary/aromatic N) is 5. The second-order valence-electron chi connectivity index (χ2n) is 5.80. The standard InChI is InChI=1S/C19H15N5O4S/c1-27-17(25)13-8-5-6-10-23(15(13)18(26)28-2)14-9-4-3-7-12(14)16-22-24-11-20-21-19(24)29-16/h3-11H,1-2H3. The van der Waals surface area contributed by atoms with E-state index in [9.17, 15) is 9.59 Å². The number of carbonyl (C=O) groups is 2. The molecule has 9 nitrogen and oxygen atoms in total. The van der Waals surface area contributed by atoms with Gasteiger partial charge in [-0.05, 0) is 24.3 Å². The number of anilines is 1. The van der Waals surface area contributed by atoms with Crippen LogP contribution in [-0.4, -0.2) is 46.0 Å². The molecule has 4 rings (SSSR count). The largest absolute Gasteiger partial charge is 0.465 e. The number of hydrogen-bond donors (Lipinski definition) is 0. The number of rotatable bonds is 4. The molecule has 0 amide bonds.